The zero-order chi connectivity index (χ0) is 14.4. The molecule has 2 aromatic rings. The van der Waals surface area contributed by atoms with E-state index in [1.807, 2.05) is 0 Å². The van der Waals surface area contributed by atoms with Gasteiger partial charge in [-0.2, -0.15) is 0 Å². The summed E-state index contributed by atoms with van der Waals surface area (Å²) in [5.74, 6) is -0.418. The van der Waals surface area contributed by atoms with Crippen molar-refractivity contribution in [2.45, 2.75) is 19.3 Å². The highest BCUT2D eigenvalue weighted by atomic mass is 16.4. The highest BCUT2D eigenvalue weighted by molar-refractivity contribution is 5.90. The minimum Gasteiger partial charge on any atom is -0.481 e. The van der Waals surface area contributed by atoms with Crippen LogP contribution in [0.25, 0.3) is 5.82 Å². The highest BCUT2D eigenvalue weighted by Crippen LogP contribution is 2.10. The number of hydrogen-bond donors (Lipinski definition) is 2. The van der Waals surface area contributed by atoms with E-state index < -0.39 is 5.97 Å². The number of carbonyl (C=O) groups excluding carboxylic acids is 1. The molecule has 20 heavy (non-hydrogen) atoms. The van der Waals surface area contributed by atoms with Gasteiger partial charge in [-0.3, -0.25) is 14.2 Å². The number of hydrogen-bond acceptors (Lipinski definition) is 4. The second-order valence-electron chi connectivity index (χ2n) is 4.17. The van der Waals surface area contributed by atoms with Crippen molar-refractivity contribution >= 4 is 17.6 Å². The first-order valence-electron chi connectivity index (χ1n) is 6.11. The molecule has 0 atom stereocenters. The van der Waals surface area contributed by atoms with Gasteiger partial charge in [-0.25, -0.2) is 9.97 Å². The Kier molecular flexibility index (Phi) is 4.43. The van der Waals surface area contributed by atoms with Crippen LogP contribution in [0, 0.1) is 0 Å². The van der Waals surface area contributed by atoms with E-state index >= 15 is 0 Å². The van der Waals surface area contributed by atoms with Crippen LogP contribution in [-0.2, 0) is 9.59 Å². The van der Waals surface area contributed by atoms with Gasteiger partial charge in [0.15, 0.2) is 0 Å². The van der Waals surface area contributed by atoms with Crippen molar-refractivity contribution in [3.8, 4) is 5.82 Å². The monoisotopic (exact) mass is 274 g/mol. The smallest absolute Gasteiger partial charge is 0.303 e. The Labute approximate surface area is 115 Å². The Morgan fingerprint density at radius 1 is 1.30 bits per heavy atom. The van der Waals surface area contributed by atoms with Crippen LogP contribution in [0.3, 0.4) is 0 Å². The van der Waals surface area contributed by atoms with E-state index in [0.29, 0.717) is 17.9 Å². The minimum atomic E-state index is -0.899. The summed E-state index contributed by atoms with van der Waals surface area (Å²) in [6.45, 7) is 0. The van der Waals surface area contributed by atoms with Crippen LogP contribution in [0.2, 0.25) is 0 Å². The summed E-state index contributed by atoms with van der Waals surface area (Å²) in [7, 11) is 0. The summed E-state index contributed by atoms with van der Waals surface area (Å²) in [5.41, 5.74) is 0.578. The number of pyridine rings is 1. The molecule has 7 nitrogen and oxygen atoms in total. The average Bonchev–Trinajstić information content (AvgIpc) is 2.93. The Bertz CT molecular complexity index is 578. The Hall–Kier alpha value is -2.70. The van der Waals surface area contributed by atoms with Crippen molar-refractivity contribution < 1.29 is 14.7 Å². The van der Waals surface area contributed by atoms with E-state index in [4.69, 9.17) is 5.11 Å². The molecule has 0 aliphatic rings. The molecule has 0 saturated heterocycles. The molecule has 0 unspecified atom stereocenters. The zero-order valence-corrected chi connectivity index (χ0v) is 10.7. The molecule has 0 spiro atoms. The SMILES string of the molecule is O=C(O)CCCC(=O)Nc1ccc(-n2ccnc2)nc1. The summed E-state index contributed by atoms with van der Waals surface area (Å²) < 4.78 is 1.75. The molecular weight excluding hydrogens is 260 g/mol. The second-order valence-corrected chi connectivity index (χ2v) is 4.17. The topological polar surface area (TPSA) is 97.1 Å². The molecule has 104 valence electrons. The minimum absolute atomic E-state index is 0.00869. The lowest BCUT2D eigenvalue weighted by molar-refractivity contribution is -0.137. The predicted molar refractivity (Wildman–Crippen MR) is 71.5 cm³/mol. The normalized spacial score (nSPS) is 10.2. The molecule has 0 radical (unpaired) electrons. The van der Waals surface area contributed by atoms with Gasteiger partial charge in [0, 0.05) is 25.2 Å². The van der Waals surface area contributed by atoms with Crippen LogP contribution in [0.4, 0.5) is 5.69 Å². The number of nitrogens with zero attached hydrogens (tertiary/aromatic N) is 3. The summed E-state index contributed by atoms with van der Waals surface area (Å²) >= 11 is 0. The Balaban J connectivity index is 1.87. The summed E-state index contributed by atoms with van der Waals surface area (Å²) in [6.07, 6.45) is 7.09. The molecule has 0 bridgehead atoms. The third kappa shape index (κ3) is 3.91. The van der Waals surface area contributed by atoms with Crippen molar-refractivity contribution in [1.82, 2.24) is 14.5 Å². The lowest BCUT2D eigenvalue weighted by Gasteiger charge is -2.05. The summed E-state index contributed by atoms with van der Waals surface area (Å²) in [6, 6.07) is 3.49. The van der Waals surface area contributed by atoms with Crippen LogP contribution in [-0.4, -0.2) is 31.5 Å². The molecule has 0 aromatic carbocycles. The summed E-state index contributed by atoms with van der Waals surface area (Å²) in [5, 5.41) is 11.2. The Morgan fingerprint density at radius 3 is 2.75 bits per heavy atom. The first-order valence-corrected chi connectivity index (χ1v) is 6.11. The van der Waals surface area contributed by atoms with E-state index in [1.165, 1.54) is 0 Å². The number of carboxylic acids is 1. The van der Waals surface area contributed by atoms with Crippen LogP contribution in [0.5, 0.6) is 0 Å². The van der Waals surface area contributed by atoms with Gasteiger partial charge in [0.05, 0.1) is 11.9 Å². The van der Waals surface area contributed by atoms with Crippen molar-refractivity contribution in [3.63, 3.8) is 0 Å². The van der Waals surface area contributed by atoms with Crippen molar-refractivity contribution in [2.24, 2.45) is 0 Å². The van der Waals surface area contributed by atoms with Gasteiger partial charge in [-0.15, -0.1) is 0 Å². The fourth-order valence-electron chi connectivity index (χ4n) is 1.63. The molecular formula is C13H14N4O3. The van der Waals surface area contributed by atoms with Crippen molar-refractivity contribution in [2.75, 3.05) is 5.32 Å². The standard InChI is InChI=1S/C13H14N4O3/c18-12(2-1-3-13(19)20)16-10-4-5-11(15-8-10)17-7-6-14-9-17/h4-9H,1-3H2,(H,16,18)(H,19,20). The van der Waals surface area contributed by atoms with Gasteiger partial charge in [-0.05, 0) is 18.6 Å². The number of aromatic nitrogens is 3. The highest BCUT2D eigenvalue weighted by Gasteiger charge is 2.05. The van der Waals surface area contributed by atoms with Crippen molar-refractivity contribution in [3.05, 3.63) is 37.1 Å². The van der Waals surface area contributed by atoms with Gasteiger partial charge in [0.25, 0.3) is 0 Å². The molecule has 2 aromatic heterocycles. The lowest BCUT2D eigenvalue weighted by atomic mass is 10.2. The third-order valence-electron chi connectivity index (χ3n) is 2.60. The fourth-order valence-corrected chi connectivity index (χ4v) is 1.63. The number of aliphatic carboxylic acids is 1. The van der Waals surface area contributed by atoms with Crippen molar-refractivity contribution in [1.29, 1.82) is 0 Å². The number of carbonyl (C=O) groups is 2. The maximum Gasteiger partial charge on any atom is 0.303 e. The maximum atomic E-state index is 11.6. The quantitative estimate of drug-likeness (QED) is 0.831. The molecule has 1 amide bonds. The van der Waals surface area contributed by atoms with Gasteiger partial charge in [0.1, 0.15) is 12.1 Å². The van der Waals surface area contributed by atoms with Crippen LogP contribution < -0.4 is 5.32 Å². The fraction of sp³-hybridized carbons (Fsp3) is 0.231. The number of rotatable bonds is 6. The van der Waals surface area contributed by atoms with E-state index in [1.54, 1.807) is 41.6 Å². The Morgan fingerprint density at radius 2 is 2.15 bits per heavy atom. The lowest BCUT2D eigenvalue weighted by Crippen LogP contribution is -2.12. The largest absolute Gasteiger partial charge is 0.481 e. The summed E-state index contributed by atoms with van der Waals surface area (Å²) in [4.78, 5) is 30.0. The van der Waals surface area contributed by atoms with Gasteiger partial charge in [-0.1, -0.05) is 0 Å². The van der Waals surface area contributed by atoms with Crippen LogP contribution in [0.15, 0.2) is 37.1 Å². The number of imidazole rings is 1. The van der Waals surface area contributed by atoms with Crippen LogP contribution in [0.1, 0.15) is 19.3 Å². The van der Waals surface area contributed by atoms with E-state index in [0.717, 1.165) is 0 Å². The second kappa shape index (κ2) is 6.46. The molecule has 2 heterocycles. The third-order valence-corrected chi connectivity index (χ3v) is 2.60. The van der Waals surface area contributed by atoms with E-state index in [9.17, 15) is 9.59 Å². The molecule has 0 aliphatic carbocycles. The molecule has 2 N–H and O–H groups in total. The predicted octanol–water partition coefficient (Wildman–Crippen LogP) is 1.46. The van der Waals surface area contributed by atoms with Gasteiger partial charge >= 0.3 is 5.97 Å². The molecule has 0 fully saturated rings. The van der Waals surface area contributed by atoms with Gasteiger partial charge in [0.2, 0.25) is 5.91 Å². The first-order chi connectivity index (χ1) is 9.65. The number of anilines is 1. The number of amides is 1. The van der Waals surface area contributed by atoms with Crippen LogP contribution >= 0.6 is 0 Å². The van der Waals surface area contributed by atoms with E-state index in [2.05, 4.69) is 15.3 Å². The number of carboxylic acid groups (broad SMARTS) is 1. The number of nitrogens with one attached hydrogen (secondary N) is 1. The molecule has 0 saturated carbocycles. The molecule has 7 heteroatoms. The first kappa shape index (κ1) is 13.7. The molecule has 2 rings (SSSR count). The maximum absolute atomic E-state index is 11.6. The molecule has 0 aliphatic heterocycles. The average molecular weight is 274 g/mol. The van der Waals surface area contributed by atoms with E-state index in [-0.39, 0.29) is 18.7 Å². The zero-order valence-electron chi connectivity index (χ0n) is 10.7. The van der Waals surface area contributed by atoms with Gasteiger partial charge < -0.3 is 10.4 Å².